The Balaban J connectivity index is 2.01. The Morgan fingerprint density at radius 1 is 0.957 bits per heavy atom. The predicted molar refractivity (Wildman–Crippen MR) is 96.2 cm³/mol. The predicted octanol–water partition coefficient (Wildman–Crippen LogP) is 5.27. The molecule has 0 N–H and O–H groups in total. The molecule has 0 aliphatic carbocycles. The second-order valence-electron chi connectivity index (χ2n) is 5.63. The molecule has 2 rings (SSSR count). The number of methoxy groups -OCH3 is 1. The van der Waals surface area contributed by atoms with Crippen molar-refractivity contribution in [2.45, 2.75) is 32.6 Å². The fourth-order valence-electron chi connectivity index (χ4n) is 2.46. The molecule has 0 aromatic heterocycles. The van der Waals surface area contributed by atoms with Crippen molar-refractivity contribution < 1.29 is 9.53 Å². The maximum atomic E-state index is 11.1. The van der Waals surface area contributed by atoms with Crippen molar-refractivity contribution >= 4 is 12.0 Å². The van der Waals surface area contributed by atoms with Crippen LogP contribution in [-0.2, 0) is 16.0 Å². The van der Waals surface area contributed by atoms with Crippen LogP contribution in [0.25, 0.3) is 17.2 Å². The molecule has 0 aliphatic heterocycles. The first-order valence-corrected chi connectivity index (χ1v) is 8.18. The van der Waals surface area contributed by atoms with Crippen molar-refractivity contribution in [3.05, 3.63) is 65.7 Å². The third kappa shape index (κ3) is 5.41. The van der Waals surface area contributed by atoms with Crippen LogP contribution in [0.15, 0.2) is 54.6 Å². The third-order valence-corrected chi connectivity index (χ3v) is 3.88. The highest BCUT2D eigenvalue weighted by atomic mass is 16.5. The monoisotopic (exact) mass is 308 g/mol. The Kier molecular flexibility index (Phi) is 6.61. The number of benzene rings is 2. The maximum absolute atomic E-state index is 11.1. The molecule has 0 atom stereocenters. The Labute approximate surface area is 138 Å². The second-order valence-corrected chi connectivity index (χ2v) is 5.63. The highest BCUT2D eigenvalue weighted by molar-refractivity contribution is 5.87. The molecular weight excluding hydrogens is 284 g/mol. The molecule has 0 saturated heterocycles. The van der Waals surface area contributed by atoms with E-state index in [0.29, 0.717) is 0 Å². The van der Waals surface area contributed by atoms with Gasteiger partial charge in [0.1, 0.15) is 0 Å². The molecule has 2 aromatic carbocycles. The summed E-state index contributed by atoms with van der Waals surface area (Å²) < 4.78 is 4.59. The molecule has 0 spiro atoms. The van der Waals surface area contributed by atoms with Crippen LogP contribution in [-0.4, -0.2) is 13.1 Å². The number of carbonyl (C=O) groups is 1. The lowest BCUT2D eigenvalue weighted by Crippen LogP contribution is -1.93. The van der Waals surface area contributed by atoms with Gasteiger partial charge in [-0.05, 0) is 41.2 Å². The minimum Gasteiger partial charge on any atom is -0.466 e. The van der Waals surface area contributed by atoms with Crippen LogP contribution in [0.1, 0.15) is 37.3 Å². The lowest BCUT2D eigenvalue weighted by molar-refractivity contribution is -0.134. The SMILES string of the molecule is CCCCCc1ccc(-c2ccc(C=CC(=O)OC)cc2)cc1. The summed E-state index contributed by atoms with van der Waals surface area (Å²) in [5.41, 5.74) is 4.78. The van der Waals surface area contributed by atoms with Gasteiger partial charge >= 0.3 is 5.97 Å². The number of hydrogen-bond acceptors (Lipinski definition) is 2. The topological polar surface area (TPSA) is 26.3 Å². The van der Waals surface area contributed by atoms with Gasteiger partial charge in [-0.15, -0.1) is 0 Å². The smallest absolute Gasteiger partial charge is 0.330 e. The average Bonchev–Trinajstić information content (AvgIpc) is 2.61. The van der Waals surface area contributed by atoms with Crippen LogP contribution < -0.4 is 0 Å². The molecule has 0 bridgehead atoms. The van der Waals surface area contributed by atoms with Crippen LogP contribution in [0, 0.1) is 0 Å². The van der Waals surface area contributed by atoms with Gasteiger partial charge in [-0.25, -0.2) is 4.79 Å². The van der Waals surface area contributed by atoms with E-state index in [0.717, 1.165) is 12.0 Å². The van der Waals surface area contributed by atoms with Crippen molar-refractivity contribution in [3.8, 4) is 11.1 Å². The summed E-state index contributed by atoms with van der Waals surface area (Å²) in [7, 11) is 1.38. The van der Waals surface area contributed by atoms with E-state index in [2.05, 4.69) is 48.1 Å². The van der Waals surface area contributed by atoms with Gasteiger partial charge in [-0.2, -0.15) is 0 Å². The first kappa shape index (κ1) is 17.0. The van der Waals surface area contributed by atoms with Gasteiger partial charge in [-0.3, -0.25) is 0 Å². The first-order chi connectivity index (χ1) is 11.2. The van der Waals surface area contributed by atoms with E-state index in [1.807, 2.05) is 12.1 Å². The number of aryl methyl sites for hydroxylation is 1. The quantitative estimate of drug-likeness (QED) is 0.395. The van der Waals surface area contributed by atoms with E-state index in [9.17, 15) is 4.79 Å². The molecule has 0 radical (unpaired) electrons. The van der Waals surface area contributed by atoms with Crippen LogP contribution in [0.5, 0.6) is 0 Å². The van der Waals surface area contributed by atoms with Gasteiger partial charge in [0.25, 0.3) is 0 Å². The summed E-state index contributed by atoms with van der Waals surface area (Å²) in [6.07, 6.45) is 8.16. The minimum absolute atomic E-state index is 0.340. The van der Waals surface area contributed by atoms with Crippen molar-refractivity contribution in [3.63, 3.8) is 0 Å². The van der Waals surface area contributed by atoms with Gasteiger partial charge in [0.2, 0.25) is 0 Å². The summed E-state index contributed by atoms with van der Waals surface area (Å²) in [5, 5.41) is 0. The molecule has 120 valence electrons. The lowest BCUT2D eigenvalue weighted by atomic mass is 10.0. The largest absolute Gasteiger partial charge is 0.466 e. The third-order valence-electron chi connectivity index (χ3n) is 3.88. The summed E-state index contributed by atoms with van der Waals surface area (Å²) in [6, 6.07) is 17.0. The van der Waals surface area contributed by atoms with E-state index < -0.39 is 0 Å². The van der Waals surface area contributed by atoms with E-state index in [1.165, 1.54) is 49.1 Å². The summed E-state index contributed by atoms with van der Waals surface area (Å²) in [5.74, 6) is -0.340. The number of hydrogen-bond donors (Lipinski definition) is 0. The lowest BCUT2D eigenvalue weighted by Gasteiger charge is -2.05. The highest BCUT2D eigenvalue weighted by Gasteiger charge is 1.99. The standard InChI is InChI=1S/C21H24O2/c1-3-4-5-6-17-7-12-19(13-8-17)20-14-9-18(10-15-20)11-16-21(22)23-2/h7-16H,3-6H2,1-2H3. The Hall–Kier alpha value is -2.35. The van der Waals surface area contributed by atoms with Crippen LogP contribution in [0.4, 0.5) is 0 Å². The van der Waals surface area contributed by atoms with Gasteiger partial charge < -0.3 is 4.74 Å². The molecule has 23 heavy (non-hydrogen) atoms. The average molecular weight is 308 g/mol. The Morgan fingerprint density at radius 3 is 2.13 bits per heavy atom. The fourth-order valence-corrected chi connectivity index (χ4v) is 2.46. The van der Waals surface area contributed by atoms with Crippen LogP contribution >= 0.6 is 0 Å². The summed E-state index contributed by atoms with van der Waals surface area (Å²) in [4.78, 5) is 11.1. The van der Waals surface area contributed by atoms with Gasteiger partial charge in [-0.1, -0.05) is 68.3 Å². The van der Waals surface area contributed by atoms with E-state index in [1.54, 1.807) is 6.08 Å². The number of unbranched alkanes of at least 4 members (excludes halogenated alkanes) is 2. The Bertz CT molecular complexity index is 637. The maximum Gasteiger partial charge on any atom is 0.330 e. The van der Waals surface area contributed by atoms with Crippen molar-refractivity contribution in [1.82, 2.24) is 0 Å². The molecule has 0 unspecified atom stereocenters. The van der Waals surface area contributed by atoms with E-state index in [-0.39, 0.29) is 5.97 Å². The van der Waals surface area contributed by atoms with Crippen molar-refractivity contribution in [2.24, 2.45) is 0 Å². The van der Waals surface area contributed by atoms with Crippen molar-refractivity contribution in [1.29, 1.82) is 0 Å². The zero-order valence-electron chi connectivity index (χ0n) is 13.9. The molecule has 0 amide bonds. The molecule has 2 heteroatoms. The number of ether oxygens (including phenoxy) is 1. The molecule has 0 fully saturated rings. The van der Waals surface area contributed by atoms with Crippen LogP contribution in [0.3, 0.4) is 0 Å². The number of carbonyl (C=O) groups excluding carboxylic acids is 1. The van der Waals surface area contributed by atoms with Gasteiger partial charge in [0.15, 0.2) is 0 Å². The Morgan fingerprint density at radius 2 is 1.57 bits per heavy atom. The molecular formula is C21H24O2. The summed E-state index contributed by atoms with van der Waals surface area (Å²) >= 11 is 0. The zero-order chi connectivity index (χ0) is 16.5. The number of rotatable bonds is 7. The molecule has 0 saturated carbocycles. The first-order valence-electron chi connectivity index (χ1n) is 8.18. The summed E-state index contributed by atoms with van der Waals surface area (Å²) in [6.45, 7) is 2.23. The van der Waals surface area contributed by atoms with Crippen LogP contribution in [0.2, 0.25) is 0 Å². The number of esters is 1. The molecule has 0 heterocycles. The van der Waals surface area contributed by atoms with Gasteiger partial charge in [0, 0.05) is 6.08 Å². The zero-order valence-corrected chi connectivity index (χ0v) is 13.9. The van der Waals surface area contributed by atoms with Gasteiger partial charge in [0.05, 0.1) is 7.11 Å². The fraction of sp³-hybridized carbons (Fsp3) is 0.286. The van der Waals surface area contributed by atoms with Crippen molar-refractivity contribution in [2.75, 3.05) is 7.11 Å². The molecule has 2 aromatic rings. The van der Waals surface area contributed by atoms with E-state index in [4.69, 9.17) is 0 Å². The van der Waals surface area contributed by atoms with E-state index >= 15 is 0 Å². The molecule has 0 aliphatic rings. The minimum atomic E-state index is -0.340. The highest BCUT2D eigenvalue weighted by Crippen LogP contribution is 2.21. The second kappa shape index (κ2) is 8.94. The molecule has 2 nitrogen and oxygen atoms in total. The normalized spacial score (nSPS) is 10.9.